The van der Waals surface area contributed by atoms with Crippen molar-refractivity contribution in [2.75, 3.05) is 11.9 Å². The van der Waals surface area contributed by atoms with Crippen LogP contribution >= 0.6 is 15.9 Å². The predicted molar refractivity (Wildman–Crippen MR) is 57.7 cm³/mol. The van der Waals surface area contributed by atoms with Crippen LogP contribution in [0, 0.1) is 0 Å². The average Bonchev–Trinajstić information content (AvgIpc) is 2.58. The van der Waals surface area contributed by atoms with E-state index in [1.807, 2.05) is 6.07 Å². The fourth-order valence-electron chi connectivity index (χ4n) is 1.79. The van der Waals surface area contributed by atoms with Crippen LogP contribution in [0.15, 0.2) is 24.3 Å². The van der Waals surface area contributed by atoms with Crippen molar-refractivity contribution in [2.45, 2.75) is 18.8 Å². The Morgan fingerprint density at radius 1 is 1.38 bits per heavy atom. The monoisotopic (exact) mass is 240 g/mol. The van der Waals surface area contributed by atoms with Crippen LogP contribution < -0.4 is 4.74 Å². The summed E-state index contributed by atoms with van der Waals surface area (Å²) in [5.74, 6) is 1.70. The molecule has 1 heterocycles. The van der Waals surface area contributed by atoms with Gasteiger partial charge in [-0.05, 0) is 18.9 Å². The van der Waals surface area contributed by atoms with Gasteiger partial charge in [0, 0.05) is 16.8 Å². The Kier molecular flexibility index (Phi) is 2.89. The van der Waals surface area contributed by atoms with Gasteiger partial charge in [-0.15, -0.1) is 0 Å². The number of para-hydroxylation sites is 1. The van der Waals surface area contributed by atoms with Crippen molar-refractivity contribution >= 4 is 15.9 Å². The van der Waals surface area contributed by atoms with Crippen LogP contribution in [-0.2, 0) is 0 Å². The Labute approximate surface area is 87.2 Å². The Balaban J connectivity index is 2.09. The summed E-state index contributed by atoms with van der Waals surface area (Å²) in [6.07, 6.45) is 2.45. The van der Waals surface area contributed by atoms with Gasteiger partial charge in [0.05, 0.1) is 6.61 Å². The first kappa shape index (κ1) is 9.07. The summed E-state index contributed by atoms with van der Waals surface area (Å²) in [5, 5.41) is 1.09. The zero-order valence-electron chi connectivity index (χ0n) is 7.50. The Morgan fingerprint density at radius 2 is 2.23 bits per heavy atom. The lowest BCUT2D eigenvalue weighted by Gasteiger charge is -2.05. The van der Waals surface area contributed by atoms with Crippen molar-refractivity contribution in [1.29, 1.82) is 0 Å². The second-order valence-corrected chi connectivity index (χ2v) is 4.17. The fourth-order valence-corrected chi connectivity index (χ4v) is 2.12. The molecule has 13 heavy (non-hydrogen) atoms. The van der Waals surface area contributed by atoms with Crippen molar-refractivity contribution in [1.82, 2.24) is 0 Å². The van der Waals surface area contributed by atoms with E-state index >= 15 is 0 Å². The molecule has 1 aromatic rings. The molecule has 0 aromatic heterocycles. The quantitative estimate of drug-likeness (QED) is 0.737. The zero-order valence-corrected chi connectivity index (χ0v) is 9.09. The number of halogens is 1. The summed E-state index contributed by atoms with van der Waals surface area (Å²) in [5.41, 5.74) is 1.39. The molecule has 70 valence electrons. The Bertz CT molecular complexity index is 285. The van der Waals surface area contributed by atoms with Gasteiger partial charge in [-0.25, -0.2) is 0 Å². The normalized spacial score (nSPS) is 19.6. The molecule has 2 rings (SSSR count). The van der Waals surface area contributed by atoms with Gasteiger partial charge in [0.1, 0.15) is 5.75 Å². The van der Waals surface area contributed by atoms with E-state index in [4.69, 9.17) is 4.74 Å². The van der Waals surface area contributed by atoms with Crippen LogP contribution in [0.25, 0.3) is 0 Å². The van der Waals surface area contributed by atoms with Gasteiger partial charge in [0.15, 0.2) is 0 Å². The minimum Gasteiger partial charge on any atom is -0.493 e. The summed E-state index contributed by atoms with van der Waals surface area (Å²) in [6.45, 7) is 0.867. The van der Waals surface area contributed by atoms with Crippen LogP contribution in [-0.4, -0.2) is 11.9 Å². The molecule has 0 bridgehead atoms. The topological polar surface area (TPSA) is 9.23 Å². The predicted octanol–water partition coefficient (Wildman–Crippen LogP) is 3.34. The van der Waals surface area contributed by atoms with Crippen molar-refractivity contribution < 1.29 is 4.74 Å². The third-order valence-corrected chi connectivity index (χ3v) is 3.05. The molecule has 2 heteroatoms. The molecule has 1 aliphatic heterocycles. The largest absolute Gasteiger partial charge is 0.493 e. The maximum Gasteiger partial charge on any atom is 0.122 e. The Hall–Kier alpha value is -0.500. The number of alkyl halides is 1. The number of hydrogen-bond donors (Lipinski definition) is 0. The van der Waals surface area contributed by atoms with Crippen molar-refractivity contribution in [3.8, 4) is 5.75 Å². The van der Waals surface area contributed by atoms with E-state index in [0.29, 0.717) is 5.92 Å². The first-order valence-electron chi connectivity index (χ1n) is 4.69. The molecule has 1 unspecified atom stereocenters. The van der Waals surface area contributed by atoms with Crippen LogP contribution in [0.5, 0.6) is 5.75 Å². The third kappa shape index (κ3) is 1.88. The molecular weight excluding hydrogens is 228 g/mol. The van der Waals surface area contributed by atoms with E-state index in [-0.39, 0.29) is 0 Å². The molecule has 0 aliphatic carbocycles. The lowest BCUT2D eigenvalue weighted by atomic mass is 9.97. The summed E-state index contributed by atoms with van der Waals surface area (Å²) in [7, 11) is 0. The van der Waals surface area contributed by atoms with Gasteiger partial charge in [-0.3, -0.25) is 0 Å². The molecule has 0 amide bonds. The third-order valence-electron chi connectivity index (χ3n) is 2.49. The second-order valence-electron chi connectivity index (χ2n) is 3.38. The highest BCUT2D eigenvalue weighted by Crippen LogP contribution is 2.35. The van der Waals surface area contributed by atoms with E-state index in [9.17, 15) is 0 Å². The number of fused-ring (bicyclic) bond motifs is 1. The SMILES string of the molecule is BrCCCC1COc2ccccc21. The average molecular weight is 241 g/mol. The minimum absolute atomic E-state index is 0.619. The number of ether oxygens (including phenoxy) is 1. The highest BCUT2D eigenvalue weighted by atomic mass is 79.9. The molecule has 0 fully saturated rings. The van der Waals surface area contributed by atoms with Crippen molar-refractivity contribution in [3.63, 3.8) is 0 Å². The second kappa shape index (κ2) is 4.14. The first-order chi connectivity index (χ1) is 6.42. The van der Waals surface area contributed by atoms with E-state index in [1.54, 1.807) is 0 Å². The molecule has 0 saturated carbocycles. The van der Waals surface area contributed by atoms with E-state index < -0.39 is 0 Å². The zero-order chi connectivity index (χ0) is 9.10. The summed E-state index contributed by atoms with van der Waals surface area (Å²) in [6, 6.07) is 8.37. The smallest absolute Gasteiger partial charge is 0.122 e. The van der Waals surface area contributed by atoms with Gasteiger partial charge < -0.3 is 4.74 Å². The summed E-state index contributed by atoms with van der Waals surface area (Å²) >= 11 is 3.46. The molecule has 1 atom stereocenters. The van der Waals surface area contributed by atoms with Crippen LogP contribution in [0.3, 0.4) is 0 Å². The molecule has 0 N–H and O–H groups in total. The molecule has 1 nitrogen and oxygen atoms in total. The van der Waals surface area contributed by atoms with Gasteiger partial charge in [-0.2, -0.15) is 0 Å². The molecule has 0 spiro atoms. The maximum atomic E-state index is 5.59. The lowest BCUT2D eigenvalue weighted by molar-refractivity contribution is 0.325. The first-order valence-corrected chi connectivity index (χ1v) is 5.81. The van der Waals surface area contributed by atoms with Gasteiger partial charge >= 0.3 is 0 Å². The number of benzene rings is 1. The van der Waals surface area contributed by atoms with Crippen LogP contribution in [0.4, 0.5) is 0 Å². The van der Waals surface area contributed by atoms with E-state index in [1.165, 1.54) is 18.4 Å². The molecule has 1 aromatic carbocycles. The Morgan fingerprint density at radius 3 is 3.08 bits per heavy atom. The standard InChI is InChI=1S/C11H13BrO/c12-7-3-4-9-8-13-11-6-2-1-5-10(9)11/h1-2,5-6,9H,3-4,7-8H2. The van der Waals surface area contributed by atoms with Crippen LogP contribution in [0.1, 0.15) is 24.3 Å². The van der Waals surface area contributed by atoms with E-state index in [0.717, 1.165) is 17.7 Å². The molecule has 0 saturated heterocycles. The maximum absolute atomic E-state index is 5.59. The summed E-state index contributed by atoms with van der Waals surface area (Å²) in [4.78, 5) is 0. The number of hydrogen-bond acceptors (Lipinski definition) is 1. The van der Waals surface area contributed by atoms with Gasteiger partial charge in [0.25, 0.3) is 0 Å². The van der Waals surface area contributed by atoms with Crippen molar-refractivity contribution in [2.24, 2.45) is 0 Å². The number of rotatable bonds is 3. The van der Waals surface area contributed by atoms with Crippen LogP contribution in [0.2, 0.25) is 0 Å². The highest BCUT2D eigenvalue weighted by Gasteiger charge is 2.22. The molecular formula is C11H13BrO. The van der Waals surface area contributed by atoms with Gasteiger partial charge in [0.2, 0.25) is 0 Å². The molecule has 1 aliphatic rings. The minimum atomic E-state index is 0.619. The lowest BCUT2D eigenvalue weighted by Crippen LogP contribution is -2.00. The molecule has 0 radical (unpaired) electrons. The highest BCUT2D eigenvalue weighted by molar-refractivity contribution is 9.09. The van der Waals surface area contributed by atoms with E-state index in [2.05, 4.69) is 34.1 Å². The summed E-state index contributed by atoms with van der Waals surface area (Å²) < 4.78 is 5.59. The van der Waals surface area contributed by atoms with Crippen molar-refractivity contribution in [3.05, 3.63) is 29.8 Å². The fraction of sp³-hybridized carbons (Fsp3) is 0.455. The van der Waals surface area contributed by atoms with Gasteiger partial charge in [-0.1, -0.05) is 34.1 Å².